The third kappa shape index (κ3) is 1.79. The minimum Gasteiger partial charge on any atom is -0.399 e. The smallest absolute Gasteiger partial charge is 0.164 e. The molecule has 1 fully saturated rings. The quantitative estimate of drug-likeness (QED) is 0.820. The molecule has 2 aromatic rings. The van der Waals surface area contributed by atoms with Gasteiger partial charge in [0.1, 0.15) is 6.33 Å². The molecule has 0 spiro atoms. The van der Waals surface area contributed by atoms with Crippen molar-refractivity contribution < 1.29 is 0 Å². The van der Waals surface area contributed by atoms with Gasteiger partial charge in [-0.3, -0.25) is 0 Å². The van der Waals surface area contributed by atoms with Gasteiger partial charge in [0.2, 0.25) is 0 Å². The van der Waals surface area contributed by atoms with E-state index in [9.17, 15) is 0 Å². The van der Waals surface area contributed by atoms with Crippen LogP contribution in [-0.2, 0) is 7.05 Å². The molecule has 0 bridgehead atoms. The van der Waals surface area contributed by atoms with Gasteiger partial charge in [-0.15, -0.1) is 10.2 Å². The van der Waals surface area contributed by atoms with E-state index < -0.39 is 0 Å². The van der Waals surface area contributed by atoms with E-state index in [0.29, 0.717) is 0 Å². The summed E-state index contributed by atoms with van der Waals surface area (Å²) in [6.45, 7) is 0. The average molecular weight is 240 g/mol. The topological polar surface area (TPSA) is 56.7 Å². The van der Waals surface area contributed by atoms with Gasteiger partial charge in [0, 0.05) is 18.3 Å². The van der Waals surface area contributed by atoms with Crippen LogP contribution in [0.2, 0.25) is 0 Å². The molecular weight excluding hydrogens is 224 g/mol. The zero-order valence-corrected chi connectivity index (χ0v) is 10.4. The maximum Gasteiger partial charge on any atom is 0.164 e. The molecule has 1 aromatic carbocycles. The van der Waals surface area contributed by atoms with E-state index in [1.54, 1.807) is 6.33 Å². The lowest BCUT2D eigenvalue weighted by atomic mass is 9.84. The molecule has 92 valence electrons. The van der Waals surface area contributed by atoms with Crippen molar-refractivity contribution in [2.24, 2.45) is 7.05 Å². The molecule has 4 nitrogen and oxygen atoms in total. The minimum atomic E-state index is 0.784. The van der Waals surface area contributed by atoms with Crippen LogP contribution < -0.4 is 5.73 Å². The van der Waals surface area contributed by atoms with Gasteiger partial charge in [-0.1, -0.05) is 17.7 Å². The van der Waals surface area contributed by atoms with Crippen molar-refractivity contribution in [1.82, 2.24) is 14.8 Å². The SMILES string of the molecule is Cn1cnnc1C(=C1CCC1)c1cccc(N)c1. The number of hydrogen-bond donors (Lipinski definition) is 1. The first-order valence-corrected chi connectivity index (χ1v) is 6.18. The highest BCUT2D eigenvalue weighted by Gasteiger charge is 2.20. The Hall–Kier alpha value is -2.10. The molecule has 2 N–H and O–H groups in total. The summed E-state index contributed by atoms with van der Waals surface area (Å²) in [6, 6.07) is 7.99. The summed E-state index contributed by atoms with van der Waals surface area (Å²) in [6.07, 6.45) is 5.30. The van der Waals surface area contributed by atoms with E-state index in [1.807, 2.05) is 29.8 Å². The van der Waals surface area contributed by atoms with E-state index in [1.165, 1.54) is 17.6 Å². The van der Waals surface area contributed by atoms with Gasteiger partial charge in [0.05, 0.1) is 0 Å². The van der Waals surface area contributed by atoms with Gasteiger partial charge < -0.3 is 10.3 Å². The molecule has 1 aliphatic carbocycles. The number of nitrogens with two attached hydrogens (primary N) is 1. The third-order valence-electron chi connectivity index (χ3n) is 3.42. The summed E-state index contributed by atoms with van der Waals surface area (Å²) in [7, 11) is 1.97. The average Bonchev–Trinajstić information content (AvgIpc) is 2.69. The van der Waals surface area contributed by atoms with Crippen molar-refractivity contribution in [1.29, 1.82) is 0 Å². The zero-order chi connectivity index (χ0) is 12.5. The second kappa shape index (κ2) is 4.29. The molecular formula is C14H16N4. The van der Waals surface area contributed by atoms with Crippen LogP contribution in [0.5, 0.6) is 0 Å². The largest absolute Gasteiger partial charge is 0.399 e. The Morgan fingerprint density at radius 3 is 2.72 bits per heavy atom. The third-order valence-corrected chi connectivity index (χ3v) is 3.42. The van der Waals surface area contributed by atoms with E-state index >= 15 is 0 Å². The lowest BCUT2D eigenvalue weighted by Crippen LogP contribution is -2.07. The van der Waals surface area contributed by atoms with Crippen LogP contribution in [-0.4, -0.2) is 14.8 Å². The maximum absolute atomic E-state index is 5.88. The molecule has 3 rings (SSSR count). The number of rotatable bonds is 2. The predicted molar refractivity (Wildman–Crippen MR) is 71.7 cm³/mol. The first-order valence-electron chi connectivity index (χ1n) is 6.18. The number of aryl methyl sites for hydroxylation is 1. The van der Waals surface area contributed by atoms with Gasteiger partial charge in [0.15, 0.2) is 5.82 Å². The normalized spacial score (nSPS) is 14.4. The number of aromatic nitrogens is 3. The Bertz CT molecular complexity index is 604. The monoisotopic (exact) mass is 240 g/mol. The molecule has 0 amide bonds. The summed E-state index contributed by atoms with van der Waals surface area (Å²) in [4.78, 5) is 0. The molecule has 18 heavy (non-hydrogen) atoms. The number of anilines is 1. The number of allylic oxidation sites excluding steroid dienone is 1. The number of nitrogens with zero attached hydrogens (tertiary/aromatic N) is 3. The van der Waals surface area contributed by atoms with Crippen LogP contribution in [0.1, 0.15) is 30.7 Å². The van der Waals surface area contributed by atoms with Crippen molar-refractivity contribution >= 4 is 11.3 Å². The van der Waals surface area contributed by atoms with Crippen molar-refractivity contribution in [3.63, 3.8) is 0 Å². The summed E-state index contributed by atoms with van der Waals surface area (Å²) in [5, 5.41) is 8.22. The van der Waals surface area contributed by atoms with Crippen LogP contribution in [0, 0.1) is 0 Å². The molecule has 4 heteroatoms. The van der Waals surface area contributed by atoms with Gasteiger partial charge in [0.25, 0.3) is 0 Å². The molecule has 0 atom stereocenters. The van der Waals surface area contributed by atoms with Gasteiger partial charge in [-0.25, -0.2) is 0 Å². The second-order valence-corrected chi connectivity index (χ2v) is 4.72. The van der Waals surface area contributed by atoms with E-state index in [0.717, 1.165) is 29.9 Å². The first kappa shape index (κ1) is 11.0. The molecule has 1 saturated carbocycles. The Balaban J connectivity index is 2.16. The lowest BCUT2D eigenvalue weighted by Gasteiger charge is -2.22. The summed E-state index contributed by atoms with van der Waals surface area (Å²) in [5.74, 6) is 0.926. The van der Waals surface area contributed by atoms with Gasteiger partial charge in [-0.05, 0) is 37.0 Å². The predicted octanol–water partition coefficient (Wildman–Crippen LogP) is 2.38. The lowest BCUT2D eigenvalue weighted by molar-refractivity contribution is 0.663. The molecule has 0 unspecified atom stereocenters. The van der Waals surface area contributed by atoms with E-state index in [2.05, 4.69) is 16.3 Å². The second-order valence-electron chi connectivity index (χ2n) is 4.72. The molecule has 0 radical (unpaired) electrons. The molecule has 0 aliphatic heterocycles. The Labute approximate surface area is 106 Å². The van der Waals surface area contributed by atoms with Crippen LogP contribution in [0.15, 0.2) is 36.2 Å². The maximum atomic E-state index is 5.88. The van der Waals surface area contributed by atoms with Crippen LogP contribution in [0.4, 0.5) is 5.69 Å². The fourth-order valence-electron chi connectivity index (χ4n) is 2.30. The first-order chi connectivity index (χ1) is 8.75. The fraction of sp³-hybridized carbons (Fsp3) is 0.286. The van der Waals surface area contributed by atoms with Crippen molar-refractivity contribution in [2.45, 2.75) is 19.3 Å². The van der Waals surface area contributed by atoms with Crippen LogP contribution in [0.25, 0.3) is 5.57 Å². The Morgan fingerprint density at radius 2 is 2.17 bits per heavy atom. The van der Waals surface area contributed by atoms with E-state index in [-0.39, 0.29) is 0 Å². The molecule has 1 aliphatic rings. The highest BCUT2D eigenvalue weighted by atomic mass is 15.2. The fourth-order valence-corrected chi connectivity index (χ4v) is 2.30. The van der Waals surface area contributed by atoms with Gasteiger partial charge >= 0.3 is 0 Å². The van der Waals surface area contributed by atoms with Crippen molar-refractivity contribution in [3.8, 4) is 0 Å². The van der Waals surface area contributed by atoms with Crippen LogP contribution >= 0.6 is 0 Å². The van der Waals surface area contributed by atoms with Crippen LogP contribution in [0.3, 0.4) is 0 Å². The Kier molecular flexibility index (Phi) is 2.63. The summed E-state index contributed by atoms with van der Waals surface area (Å²) in [5.41, 5.74) is 10.5. The highest BCUT2D eigenvalue weighted by Crippen LogP contribution is 2.36. The van der Waals surface area contributed by atoms with Gasteiger partial charge in [-0.2, -0.15) is 0 Å². The summed E-state index contributed by atoms with van der Waals surface area (Å²) >= 11 is 0. The standard InChI is InChI=1S/C14H16N4/c1-18-9-16-17-14(18)13(10-4-2-5-10)11-6-3-7-12(15)8-11/h3,6-9H,2,4-5,15H2,1H3. The number of hydrogen-bond acceptors (Lipinski definition) is 3. The highest BCUT2D eigenvalue weighted by molar-refractivity contribution is 5.80. The number of nitrogen functional groups attached to an aromatic ring is 1. The minimum absolute atomic E-state index is 0.784. The number of benzene rings is 1. The molecule has 0 saturated heterocycles. The Morgan fingerprint density at radius 1 is 1.33 bits per heavy atom. The van der Waals surface area contributed by atoms with E-state index in [4.69, 9.17) is 5.73 Å². The van der Waals surface area contributed by atoms with Crippen molar-refractivity contribution in [2.75, 3.05) is 5.73 Å². The molecule has 1 aromatic heterocycles. The molecule has 1 heterocycles. The van der Waals surface area contributed by atoms with Crippen molar-refractivity contribution in [3.05, 3.63) is 47.6 Å². The summed E-state index contributed by atoms with van der Waals surface area (Å²) < 4.78 is 1.96. The zero-order valence-electron chi connectivity index (χ0n) is 10.4.